The van der Waals surface area contributed by atoms with E-state index < -0.39 is 18.1 Å². The topological polar surface area (TPSA) is 75.6 Å². The fourth-order valence-electron chi connectivity index (χ4n) is 2.36. The molecule has 0 aliphatic heterocycles. The van der Waals surface area contributed by atoms with Crippen LogP contribution >= 0.6 is 0 Å². The molecule has 0 aromatic carbocycles. The number of hydrogen-bond donors (Lipinski definition) is 2. The Labute approximate surface area is 108 Å². The molecule has 0 heterocycles. The lowest BCUT2D eigenvalue weighted by atomic mass is 9.85. The molecular formula is C13H23NO4. The highest BCUT2D eigenvalue weighted by atomic mass is 16.5. The molecule has 0 spiro atoms. The van der Waals surface area contributed by atoms with E-state index in [-0.39, 0.29) is 0 Å². The van der Waals surface area contributed by atoms with Gasteiger partial charge in [0.1, 0.15) is 6.04 Å². The van der Waals surface area contributed by atoms with E-state index in [2.05, 4.69) is 5.32 Å². The molecule has 1 atom stereocenters. The van der Waals surface area contributed by atoms with Gasteiger partial charge in [-0.2, -0.15) is 0 Å². The van der Waals surface area contributed by atoms with Crippen LogP contribution in [0.5, 0.6) is 0 Å². The molecule has 104 valence electrons. The smallest absolute Gasteiger partial charge is 0.407 e. The Morgan fingerprint density at radius 3 is 2.56 bits per heavy atom. The highest BCUT2D eigenvalue weighted by Gasteiger charge is 2.25. The maximum absolute atomic E-state index is 11.4. The summed E-state index contributed by atoms with van der Waals surface area (Å²) in [6.45, 7) is 2.21. The second kappa shape index (κ2) is 7.95. The second-order valence-electron chi connectivity index (χ2n) is 4.91. The number of carbonyl (C=O) groups is 2. The lowest BCUT2D eigenvalue weighted by molar-refractivity contribution is -0.139. The van der Waals surface area contributed by atoms with Crippen molar-refractivity contribution in [1.82, 2.24) is 5.32 Å². The molecule has 0 bridgehead atoms. The van der Waals surface area contributed by atoms with Gasteiger partial charge in [-0.25, -0.2) is 9.59 Å². The first kappa shape index (κ1) is 14.8. The van der Waals surface area contributed by atoms with Crippen LogP contribution in [0.2, 0.25) is 0 Å². The minimum absolute atomic E-state index is 0.321. The first-order valence-electron chi connectivity index (χ1n) is 6.79. The minimum Gasteiger partial charge on any atom is -0.480 e. The average molecular weight is 257 g/mol. The Bertz CT molecular complexity index is 274. The third kappa shape index (κ3) is 5.38. The van der Waals surface area contributed by atoms with Crippen LogP contribution in [-0.4, -0.2) is 29.8 Å². The summed E-state index contributed by atoms with van der Waals surface area (Å²) in [6.07, 6.45) is 6.31. The monoisotopic (exact) mass is 257 g/mol. The number of carboxylic acids is 1. The van der Waals surface area contributed by atoms with Crippen LogP contribution in [0.15, 0.2) is 0 Å². The van der Waals surface area contributed by atoms with Crippen LogP contribution in [0.1, 0.15) is 51.9 Å². The van der Waals surface area contributed by atoms with Crippen molar-refractivity contribution in [1.29, 1.82) is 0 Å². The van der Waals surface area contributed by atoms with E-state index in [0.29, 0.717) is 18.9 Å². The lowest BCUT2D eigenvalue weighted by Gasteiger charge is -2.24. The summed E-state index contributed by atoms with van der Waals surface area (Å²) in [5, 5.41) is 11.5. The molecule has 1 aliphatic rings. The molecule has 0 unspecified atom stereocenters. The maximum Gasteiger partial charge on any atom is 0.407 e. The fourth-order valence-corrected chi connectivity index (χ4v) is 2.36. The van der Waals surface area contributed by atoms with Gasteiger partial charge in [0.25, 0.3) is 0 Å². The van der Waals surface area contributed by atoms with E-state index in [1.54, 1.807) is 0 Å². The first-order valence-corrected chi connectivity index (χ1v) is 6.79. The molecule has 1 rings (SSSR count). The van der Waals surface area contributed by atoms with Gasteiger partial charge >= 0.3 is 12.1 Å². The van der Waals surface area contributed by atoms with Crippen molar-refractivity contribution >= 4 is 12.1 Å². The Morgan fingerprint density at radius 1 is 1.33 bits per heavy atom. The predicted octanol–water partition coefficient (Wildman–Crippen LogP) is 2.55. The number of carboxylic acid groups (broad SMARTS) is 1. The summed E-state index contributed by atoms with van der Waals surface area (Å²) in [4.78, 5) is 22.5. The SMILES string of the molecule is CCCOC(=O)N[C@@H](CC1CCCCC1)C(=O)O. The van der Waals surface area contributed by atoms with Crippen molar-refractivity contribution in [3.8, 4) is 0 Å². The van der Waals surface area contributed by atoms with E-state index in [0.717, 1.165) is 32.1 Å². The number of rotatable bonds is 6. The Balaban J connectivity index is 2.38. The average Bonchev–Trinajstić information content (AvgIpc) is 2.36. The van der Waals surface area contributed by atoms with Crippen LogP contribution in [0.25, 0.3) is 0 Å². The van der Waals surface area contributed by atoms with Crippen molar-refractivity contribution in [3.05, 3.63) is 0 Å². The van der Waals surface area contributed by atoms with Gasteiger partial charge in [-0.05, 0) is 18.8 Å². The van der Waals surface area contributed by atoms with Gasteiger partial charge in [-0.15, -0.1) is 0 Å². The summed E-state index contributed by atoms with van der Waals surface area (Å²) >= 11 is 0. The predicted molar refractivity (Wildman–Crippen MR) is 67.4 cm³/mol. The number of hydrogen-bond acceptors (Lipinski definition) is 3. The van der Waals surface area contributed by atoms with E-state index >= 15 is 0 Å². The molecule has 0 radical (unpaired) electrons. The molecule has 5 nitrogen and oxygen atoms in total. The summed E-state index contributed by atoms with van der Waals surface area (Å²) in [5.41, 5.74) is 0. The fraction of sp³-hybridized carbons (Fsp3) is 0.846. The molecule has 2 N–H and O–H groups in total. The summed E-state index contributed by atoms with van der Waals surface area (Å²) in [6, 6.07) is -0.822. The second-order valence-corrected chi connectivity index (χ2v) is 4.91. The molecule has 1 saturated carbocycles. The summed E-state index contributed by atoms with van der Waals surface area (Å²) < 4.78 is 4.85. The number of carbonyl (C=O) groups excluding carboxylic acids is 1. The summed E-state index contributed by atoms with van der Waals surface area (Å²) in [5.74, 6) is -0.569. The van der Waals surface area contributed by atoms with Crippen LogP contribution in [0.3, 0.4) is 0 Å². The quantitative estimate of drug-likeness (QED) is 0.766. The maximum atomic E-state index is 11.4. The zero-order chi connectivity index (χ0) is 13.4. The highest BCUT2D eigenvalue weighted by Crippen LogP contribution is 2.27. The molecule has 1 fully saturated rings. The van der Waals surface area contributed by atoms with Gasteiger partial charge in [0.2, 0.25) is 0 Å². The normalized spacial score (nSPS) is 18.1. The van der Waals surface area contributed by atoms with Crippen molar-refractivity contribution in [2.24, 2.45) is 5.92 Å². The van der Waals surface area contributed by atoms with Gasteiger partial charge < -0.3 is 15.2 Å². The van der Waals surface area contributed by atoms with Gasteiger partial charge in [0, 0.05) is 0 Å². The van der Waals surface area contributed by atoms with Crippen molar-refractivity contribution in [3.63, 3.8) is 0 Å². The van der Waals surface area contributed by atoms with E-state index in [1.165, 1.54) is 6.42 Å². The molecular weight excluding hydrogens is 234 g/mol. The van der Waals surface area contributed by atoms with Crippen LogP contribution in [0, 0.1) is 5.92 Å². The molecule has 1 aliphatic carbocycles. The molecule has 0 aromatic heterocycles. The zero-order valence-corrected chi connectivity index (χ0v) is 11.0. The van der Waals surface area contributed by atoms with Gasteiger partial charge in [0.15, 0.2) is 0 Å². The Morgan fingerprint density at radius 2 is 2.00 bits per heavy atom. The van der Waals surface area contributed by atoms with Crippen LogP contribution < -0.4 is 5.32 Å². The number of aliphatic carboxylic acids is 1. The molecule has 18 heavy (non-hydrogen) atoms. The number of nitrogens with one attached hydrogen (secondary N) is 1. The van der Waals surface area contributed by atoms with Crippen LogP contribution in [0.4, 0.5) is 4.79 Å². The lowest BCUT2D eigenvalue weighted by Crippen LogP contribution is -2.42. The zero-order valence-electron chi connectivity index (χ0n) is 11.0. The minimum atomic E-state index is -0.978. The van der Waals surface area contributed by atoms with E-state index in [1.807, 2.05) is 6.92 Å². The molecule has 1 amide bonds. The highest BCUT2D eigenvalue weighted by molar-refractivity contribution is 5.79. The number of ether oxygens (including phenoxy) is 1. The van der Waals surface area contributed by atoms with Crippen molar-refractivity contribution in [2.75, 3.05) is 6.61 Å². The van der Waals surface area contributed by atoms with Gasteiger partial charge in [-0.3, -0.25) is 0 Å². The Hall–Kier alpha value is -1.26. The largest absolute Gasteiger partial charge is 0.480 e. The van der Waals surface area contributed by atoms with E-state index in [9.17, 15) is 9.59 Å². The first-order chi connectivity index (χ1) is 8.63. The van der Waals surface area contributed by atoms with E-state index in [4.69, 9.17) is 9.84 Å². The molecule has 5 heteroatoms. The third-order valence-electron chi connectivity index (χ3n) is 3.32. The van der Waals surface area contributed by atoms with Crippen molar-refractivity contribution in [2.45, 2.75) is 57.9 Å². The standard InChI is InChI=1S/C13H23NO4/c1-2-8-18-13(17)14-11(12(15)16)9-10-6-4-3-5-7-10/h10-11H,2-9H2,1H3,(H,14,17)(H,15,16)/t11-/m0/s1. The van der Waals surface area contributed by atoms with Crippen molar-refractivity contribution < 1.29 is 19.4 Å². The van der Waals surface area contributed by atoms with Gasteiger partial charge in [0.05, 0.1) is 6.61 Å². The third-order valence-corrected chi connectivity index (χ3v) is 3.32. The number of alkyl carbamates (subject to hydrolysis) is 1. The molecule has 0 aromatic rings. The summed E-state index contributed by atoms with van der Waals surface area (Å²) in [7, 11) is 0. The number of amides is 1. The molecule has 0 saturated heterocycles. The van der Waals surface area contributed by atoms with Crippen LogP contribution in [-0.2, 0) is 9.53 Å². The Kier molecular flexibility index (Phi) is 6.54. The van der Waals surface area contributed by atoms with Gasteiger partial charge in [-0.1, -0.05) is 39.0 Å².